The Morgan fingerprint density at radius 3 is 2.25 bits per heavy atom. The summed E-state index contributed by atoms with van der Waals surface area (Å²) in [7, 11) is 1.51. The van der Waals surface area contributed by atoms with Crippen molar-refractivity contribution in [2.75, 3.05) is 17.7 Å². The van der Waals surface area contributed by atoms with Crippen molar-refractivity contribution in [2.45, 2.75) is 13.1 Å². The molecule has 166 valence electrons. The standard InChI is InChI=1S/C22H17ClF3N3O3/c1-12-16(8-10-19(27-12)22(24,25)26)21(31)28-14-5-9-17(23)18(11-14)29-20(30)13-3-6-15(32-2)7-4-13/h3-11H,1-2H3,(H,28,31)(H,29,30). The summed E-state index contributed by atoms with van der Waals surface area (Å²) >= 11 is 6.15. The molecule has 0 atom stereocenters. The number of rotatable bonds is 5. The van der Waals surface area contributed by atoms with Gasteiger partial charge in [0.05, 0.1) is 29.1 Å². The first-order valence-corrected chi connectivity index (χ1v) is 9.57. The number of benzene rings is 2. The molecule has 0 saturated carbocycles. The number of alkyl halides is 3. The molecule has 0 fully saturated rings. The zero-order valence-corrected chi connectivity index (χ0v) is 17.6. The molecule has 2 N–H and O–H groups in total. The van der Waals surface area contributed by atoms with Crippen molar-refractivity contribution in [3.8, 4) is 5.75 Å². The number of pyridine rings is 1. The zero-order valence-electron chi connectivity index (χ0n) is 16.9. The quantitative estimate of drug-likeness (QED) is 0.518. The molecule has 1 heterocycles. The third-order valence-corrected chi connectivity index (χ3v) is 4.78. The number of amides is 2. The number of halogens is 4. The van der Waals surface area contributed by atoms with E-state index in [2.05, 4.69) is 15.6 Å². The van der Waals surface area contributed by atoms with E-state index in [-0.39, 0.29) is 27.7 Å². The molecule has 0 aliphatic heterocycles. The second kappa shape index (κ2) is 9.27. The third kappa shape index (κ3) is 5.36. The Labute approximate surface area is 186 Å². The number of nitrogens with one attached hydrogen (secondary N) is 2. The van der Waals surface area contributed by atoms with Gasteiger partial charge in [-0.1, -0.05) is 11.6 Å². The maximum atomic E-state index is 12.8. The molecule has 0 radical (unpaired) electrons. The number of hydrogen-bond acceptors (Lipinski definition) is 4. The summed E-state index contributed by atoms with van der Waals surface area (Å²) in [4.78, 5) is 28.5. The number of aryl methyl sites for hydroxylation is 1. The lowest BCUT2D eigenvalue weighted by atomic mass is 10.1. The van der Waals surface area contributed by atoms with Crippen molar-refractivity contribution in [3.05, 3.63) is 82.1 Å². The number of anilines is 2. The maximum absolute atomic E-state index is 12.8. The van der Waals surface area contributed by atoms with Crippen LogP contribution in [0.4, 0.5) is 24.5 Å². The second-order valence-corrected chi connectivity index (χ2v) is 7.07. The predicted octanol–water partition coefficient (Wildman–Crippen LogP) is 5.58. The Hall–Kier alpha value is -3.59. The number of carbonyl (C=O) groups excluding carboxylic acids is 2. The highest BCUT2D eigenvalue weighted by molar-refractivity contribution is 6.34. The van der Waals surface area contributed by atoms with Gasteiger partial charge in [0.2, 0.25) is 0 Å². The minimum Gasteiger partial charge on any atom is -0.497 e. The van der Waals surface area contributed by atoms with Crippen LogP contribution in [0.25, 0.3) is 0 Å². The minimum atomic E-state index is -4.60. The van der Waals surface area contributed by atoms with Crippen LogP contribution >= 0.6 is 11.6 Å². The maximum Gasteiger partial charge on any atom is 0.433 e. The third-order valence-electron chi connectivity index (χ3n) is 4.45. The highest BCUT2D eigenvalue weighted by Crippen LogP contribution is 2.29. The van der Waals surface area contributed by atoms with Crippen LogP contribution in [0.2, 0.25) is 5.02 Å². The molecule has 0 aliphatic carbocycles. The SMILES string of the molecule is COc1ccc(C(=O)Nc2cc(NC(=O)c3ccc(C(F)(F)F)nc3C)ccc2Cl)cc1. The highest BCUT2D eigenvalue weighted by Gasteiger charge is 2.33. The minimum absolute atomic E-state index is 0.0169. The molecular formula is C22H17ClF3N3O3. The fourth-order valence-electron chi connectivity index (χ4n) is 2.79. The van der Waals surface area contributed by atoms with Crippen molar-refractivity contribution in [1.29, 1.82) is 0 Å². The number of carbonyl (C=O) groups is 2. The van der Waals surface area contributed by atoms with Crippen LogP contribution in [-0.4, -0.2) is 23.9 Å². The summed E-state index contributed by atoms with van der Waals surface area (Å²) in [6.07, 6.45) is -4.60. The average molecular weight is 464 g/mol. The number of hydrogen-bond donors (Lipinski definition) is 2. The summed E-state index contributed by atoms with van der Waals surface area (Å²) in [6.45, 7) is 1.31. The van der Waals surface area contributed by atoms with Gasteiger partial charge in [0.15, 0.2) is 0 Å². The van der Waals surface area contributed by atoms with Crippen molar-refractivity contribution in [2.24, 2.45) is 0 Å². The van der Waals surface area contributed by atoms with Crippen molar-refractivity contribution < 1.29 is 27.5 Å². The fraction of sp³-hybridized carbons (Fsp3) is 0.136. The molecule has 2 aromatic carbocycles. The first-order chi connectivity index (χ1) is 15.1. The lowest BCUT2D eigenvalue weighted by molar-refractivity contribution is -0.141. The Bertz CT molecular complexity index is 1170. The van der Waals surface area contributed by atoms with Gasteiger partial charge in [-0.3, -0.25) is 9.59 Å². The molecule has 3 aromatic rings. The van der Waals surface area contributed by atoms with Gasteiger partial charge in [0.1, 0.15) is 11.4 Å². The summed E-state index contributed by atoms with van der Waals surface area (Å²) in [5.41, 5.74) is -0.281. The number of nitrogens with zero attached hydrogens (tertiary/aromatic N) is 1. The monoisotopic (exact) mass is 463 g/mol. The largest absolute Gasteiger partial charge is 0.497 e. The fourth-order valence-corrected chi connectivity index (χ4v) is 2.96. The van der Waals surface area contributed by atoms with E-state index in [1.54, 1.807) is 24.3 Å². The number of ether oxygens (including phenoxy) is 1. The van der Waals surface area contributed by atoms with Gasteiger partial charge < -0.3 is 15.4 Å². The molecule has 0 aliphatic rings. The van der Waals surface area contributed by atoms with Gasteiger partial charge in [-0.2, -0.15) is 13.2 Å². The van der Waals surface area contributed by atoms with Crippen molar-refractivity contribution in [3.63, 3.8) is 0 Å². The number of aromatic nitrogens is 1. The van der Waals surface area contributed by atoms with Gasteiger partial charge in [-0.25, -0.2) is 4.98 Å². The summed E-state index contributed by atoms with van der Waals surface area (Å²) in [6, 6.07) is 12.6. The summed E-state index contributed by atoms with van der Waals surface area (Å²) < 4.78 is 43.4. The van der Waals surface area contributed by atoms with E-state index in [9.17, 15) is 22.8 Å². The first kappa shape index (κ1) is 23.1. The van der Waals surface area contributed by atoms with Crippen LogP contribution in [0.3, 0.4) is 0 Å². The second-order valence-electron chi connectivity index (χ2n) is 6.66. The van der Waals surface area contributed by atoms with Crippen LogP contribution in [0.5, 0.6) is 5.75 Å². The summed E-state index contributed by atoms with van der Waals surface area (Å²) in [5.74, 6) is -0.489. The van der Waals surface area contributed by atoms with E-state index < -0.39 is 23.7 Å². The van der Waals surface area contributed by atoms with Crippen LogP contribution in [0, 0.1) is 6.92 Å². The summed E-state index contributed by atoms with van der Waals surface area (Å²) in [5, 5.41) is 5.45. The van der Waals surface area contributed by atoms with E-state index in [0.717, 1.165) is 12.1 Å². The van der Waals surface area contributed by atoms with Crippen LogP contribution in [0.1, 0.15) is 32.1 Å². The Kier molecular flexibility index (Phi) is 6.69. The Morgan fingerprint density at radius 2 is 1.66 bits per heavy atom. The molecule has 2 amide bonds. The molecule has 0 unspecified atom stereocenters. The van der Waals surface area contributed by atoms with E-state index in [0.29, 0.717) is 11.3 Å². The molecule has 6 nitrogen and oxygen atoms in total. The van der Waals surface area contributed by atoms with E-state index in [4.69, 9.17) is 16.3 Å². The van der Waals surface area contributed by atoms with Crippen LogP contribution in [0.15, 0.2) is 54.6 Å². The normalized spacial score (nSPS) is 11.1. The number of methoxy groups -OCH3 is 1. The molecule has 10 heteroatoms. The average Bonchev–Trinajstić information content (AvgIpc) is 2.75. The molecule has 0 spiro atoms. The Balaban J connectivity index is 1.76. The van der Waals surface area contributed by atoms with Gasteiger partial charge in [-0.05, 0) is 61.5 Å². The van der Waals surface area contributed by atoms with Crippen molar-refractivity contribution in [1.82, 2.24) is 4.98 Å². The molecule has 0 saturated heterocycles. The Morgan fingerprint density at radius 1 is 0.969 bits per heavy atom. The molecule has 3 rings (SSSR count). The molecule has 0 bridgehead atoms. The molecular weight excluding hydrogens is 447 g/mol. The van der Waals surface area contributed by atoms with E-state index in [1.165, 1.54) is 32.2 Å². The first-order valence-electron chi connectivity index (χ1n) is 9.19. The van der Waals surface area contributed by atoms with Gasteiger partial charge >= 0.3 is 6.18 Å². The smallest absolute Gasteiger partial charge is 0.433 e. The molecule has 1 aromatic heterocycles. The van der Waals surface area contributed by atoms with E-state index >= 15 is 0 Å². The lowest BCUT2D eigenvalue weighted by Gasteiger charge is -2.13. The molecule has 32 heavy (non-hydrogen) atoms. The van der Waals surface area contributed by atoms with Crippen LogP contribution in [-0.2, 0) is 6.18 Å². The zero-order chi connectivity index (χ0) is 23.5. The van der Waals surface area contributed by atoms with Crippen LogP contribution < -0.4 is 15.4 Å². The van der Waals surface area contributed by atoms with Gasteiger partial charge in [0.25, 0.3) is 11.8 Å². The van der Waals surface area contributed by atoms with E-state index in [1.807, 2.05) is 0 Å². The predicted molar refractivity (Wildman–Crippen MR) is 114 cm³/mol. The van der Waals surface area contributed by atoms with Gasteiger partial charge in [0, 0.05) is 11.3 Å². The van der Waals surface area contributed by atoms with Gasteiger partial charge in [-0.15, -0.1) is 0 Å². The topological polar surface area (TPSA) is 80.3 Å². The lowest BCUT2D eigenvalue weighted by Crippen LogP contribution is -2.17. The highest BCUT2D eigenvalue weighted by atomic mass is 35.5. The van der Waals surface area contributed by atoms with Crippen molar-refractivity contribution >= 4 is 34.8 Å².